The number of nitrogens with one attached hydrogen (secondary N) is 1. The SMILES string of the molecule is COc1cc(N2Cc3ccnn3C(C(=O)NCC3CCOCC3)C2)ncn1.O=C(O)C(F)(F)F. The van der Waals surface area contributed by atoms with E-state index in [9.17, 15) is 18.0 Å². The van der Waals surface area contributed by atoms with Gasteiger partial charge in [-0.05, 0) is 24.8 Å². The maximum Gasteiger partial charge on any atom is 0.490 e. The van der Waals surface area contributed by atoms with Crippen molar-refractivity contribution in [2.45, 2.75) is 31.6 Å². The van der Waals surface area contributed by atoms with Crippen LogP contribution in [0.3, 0.4) is 0 Å². The average molecular weight is 486 g/mol. The largest absolute Gasteiger partial charge is 0.490 e. The van der Waals surface area contributed by atoms with Crippen molar-refractivity contribution in [2.75, 3.05) is 38.3 Å². The summed E-state index contributed by atoms with van der Waals surface area (Å²) in [5.41, 5.74) is 0.977. The van der Waals surface area contributed by atoms with Crippen LogP contribution in [0.5, 0.6) is 5.88 Å². The van der Waals surface area contributed by atoms with Crippen molar-refractivity contribution in [3.63, 3.8) is 0 Å². The van der Waals surface area contributed by atoms with Crippen molar-refractivity contribution >= 4 is 17.7 Å². The minimum Gasteiger partial charge on any atom is -0.481 e. The van der Waals surface area contributed by atoms with Crippen LogP contribution in [0.25, 0.3) is 0 Å². The van der Waals surface area contributed by atoms with E-state index in [1.807, 2.05) is 10.7 Å². The van der Waals surface area contributed by atoms with Gasteiger partial charge < -0.3 is 24.8 Å². The second-order valence-electron chi connectivity index (χ2n) is 7.69. The molecule has 2 aliphatic heterocycles. The van der Waals surface area contributed by atoms with E-state index in [4.69, 9.17) is 19.4 Å². The predicted octanol–water partition coefficient (Wildman–Crippen LogP) is 1.42. The maximum atomic E-state index is 12.9. The molecule has 2 aromatic heterocycles. The van der Waals surface area contributed by atoms with E-state index >= 15 is 0 Å². The molecule has 2 N–H and O–H groups in total. The molecule has 1 saturated heterocycles. The van der Waals surface area contributed by atoms with E-state index < -0.39 is 18.2 Å². The Bertz CT molecular complexity index is 980. The number of amides is 1. The molecule has 1 fully saturated rings. The lowest BCUT2D eigenvalue weighted by Gasteiger charge is -2.34. The van der Waals surface area contributed by atoms with Crippen LogP contribution in [0.4, 0.5) is 19.0 Å². The molecule has 34 heavy (non-hydrogen) atoms. The normalized spacial score (nSPS) is 18.4. The summed E-state index contributed by atoms with van der Waals surface area (Å²) in [6.45, 7) is 3.35. The Morgan fingerprint density at radius 2 is 2.00 bits per heavy atom. The molecular weight excluding hydrogens is 461 g/mol. The van der Waals surface area contributed by atoms with Gasteiger partial charge >= 0.3 is 12.1 Å². The molecule has 4 rings (SSSR count). The predicted molar refractivity (Wildman–Crippen MR) is 111 cm³/mol. The fourth-order valence-electron chi connectivity index (χ4n) is 3.59. The number of alkyl halides is 3. The standard InChI is InChI=1S/C18H24N6O3.C2HF3O2/c1-26-17-8-16(20-12-21-17)23-10-14-2-5-22-24(14)15(11-23)18(25)19-9-13-3-6-27-7-4-13;3-2(4,5)1(6)7/h2,5,8,12-13,15H,3-4,6-7,9-11H2,1H3,(H,19,25);(H,6,7). The summed E-state index contributed by atoms with van der Waals surface area (Å²) < 4.78 is 44.1. The van der Waals surface area contributed by atoms with Crippen LogP contribution in [0, 0.1) is 5.92 Å². The summed E-state index contributed by atoms with van der Waals surface area (Å²) in [5.74, 6) is -1.06. The summed E-state index contributed by atoms with van der Waals surface area (Å²) in [5, 5.41) is 14.6. The van der Waals surface area contributed by atoms with Gasteiger partial charge in [-0.25, -0.2) is 14.8 Å². The minimum atomic E-state index is -5.08. The molecule has 1 atom stereocenters. The Balaban J connectivity index is 0.000000406. The highest BCUT2D eigenvalue weighted by molar-refractivity contribution is 5.81. The van der Waals surface area contributed by atoms with Crippen molar-refractivity contribution < 1.29 is 37.3 Å². The number of nitrogens with zero attached hydrogens (tertiary/aromatic N) is 5. The van der Waals surface area contributed by atoms with Crippen molar-refractivity contribution in [2.24, 2.45) is 5.92 Å². The van der Waals surface area contributed by atoms with E-state index in [-0.39, 0.29) is 5.91 Å². The zero-order chi connectivity index (χ0) is 24.7. The number of hydrogen-bond acceptors (Lipinski definition) is 8. The second kappa shape index (κ2) is 11.1. The Morgan fingerprint density at radius 1 is 1.29 bits per heavy atom. The third-order valence-electron chi connectivity index (χ3n) is 5.41. The molecule has 2 aromatic rings. The summed E-state index contributed by atoms with van der Waals surface area (Å²) >= 11 is 0. The number of carbonyl (C=O) groups excluding carboxylic acids is 1. The van der Waals surface area contributed by atoms with Crippen LogP contribution in [-0.4, -0.2) is 76.3 Å². The first-order chi connectivity index (χ1) is 16.2. The van der Waals surface area contributed by atoms with Crippen molar-refractivity contribution in [3.8, 4) is 5.88 Å². The molecule has 0 bridgehead atoms. The minimum absolute atomic E-state index is 0.0165. The summed E-state index contributed by atoms with van der Waals surface area (Å²) in [4.78, 5) is 32.3. The van der Waals surface area contributed by atoms with Crippen molar-refractivity contribution in [1.82, 2.24) is 25.1 Å². The fraction of sp³-hybridized carbons (Fsp3) is 0.550. The van der Waals surface area contributed by atoms with E-state index in [2.05, 4.69) is 25.3 Å². The molecule has 0 spiro atoms. The molecule has 0 aliphatic carbocycles. The van der Waals surface area contributed by atoms with Gasteiger partial charge in [0.25, 0.3) is 0 Å². The Kier molecular flexibility index (Phi) is 8.26. The number of methoxy groups -OCH3 is 1. The zero-order valence-electron chi connectivity index (χ0n) is 18.4. The van der Waals surface area contributed by atoms with Gasteiger partial charge in [-0.1, -0.05) is 0 Å². The smallest absolute Gasteiger partial charge is 0.481 e. The Morgan fingerprint density at radius 3 is 2.65 bits per heavy atom. The molecule has 0 radical (unpaired) electrons. The van der Waals surface area contributed by atoms with E-state index in [0.717, 1.165) is 37.6 Å². The van der Waals surface area contributed by atoms with Gasteiger partial charge in [-0.15, -0.1) is 0 Å². The highest BCUT2D eigenvalue weighted by Crippen LogP contribution is 2.26. The number of fused-ring (bicyclic) bond motifs is 1. The zero-order valence-corrected chi connectivity index (χ0v) is 18.4. The molecule has 1 amide bonds. The van der Waals surface area contributed by atoms with Gasteiger partial charge in [0.05, 0.1) is 25.9 Å². The van der Waals surface area contributed by atoms with E-state index in [1.165, 1.54) is 6.33 Å². The summed E-state index contributed by atoms with van der Waals surface area (Å²) in [6.07, 6.45) is 0.105. The number of rotatable bonds is 5. The van der Waals surface area contributed by atoms with E-state index in [0.29, 0.717) is 31.4 Å². The highest BCUT2D eigenvalue weighted by atomic mass is 19.4. The number of aromatic nitrogens is 4. The Hall–Kier alpha value is -3.42. The molecule has 11 nitrogen and oxygen atoms in total. The van der Waals surface area contributed by atoms with Crippen LogP contribution >= 0.6 is 0 Å². The molecule has 0 saturated carbocycles. The number of carbonyl (C=O) groups is 2. The van der Waals surface area contributed by atoms with Gasteiger partial charge in [0.1, 0.15) is 18.2 Å². The van der Waals surface area contributed by atoms with Crippen molar-refractivity contribution in [3.05, 3.63) is 30.4 Å². The molecule has 4 heterocycles. The quantitative estimate of drug-likeness (QED) is 0.644. The molecule has 1 unspecified atom stereocenters. The fourth-order valence-corrected chi connectivity index (χ4v) is 3.59. The number of ether oxygens (including phenoxy) is 2. The lowest BCUT2D eigenvalue weighted by Crippen LogP contribution is -2.46. The maximum absolute atomic E-state index is 12.9. The molecular formula is C20H25F3N6O5. The molecule has 0 aromatic carbocycles. The molecule has 14 heteroatoms. The topological polar surface area (TPSA) is 132 Å². The molecule has 2 aliphatic rings. The number of hydrogen-bond donors (Lipinski definition) is 2. The highest BCUT2D eigenvalue weighted by Gasteiger charge is 2.38. The summed E-state index contributed by atoms with van der Waals surface area (Å²) in [6, 6.07) is 3.32. The first-order valence-corrected chi connectivity index (χ1v) is 10.5. The van der Waals surface area contributed by atoms with Gasteiger partial charge in [0, 0.05) is 32.0 Å². The number of anilines is 1. The van der Waals surface area contributed by atoms with Crippen LogP contribution in [0.1, 0.15) is 24.6 Å². The number of halogens is 3. The van der Waals surface area contributed by atoms with Crippen LogP contribution in [-0.2, 0) is 20.9 Å². The average Bonchev–Trinajstić information content (AvgIpc) is 3.31. The third kappa shape index (κ3) is 6.56. The van der Waals surface area contributed by atoms with Gasteiger partial charge in [0.2, 0.25) is 11.8 Å². The third-order valence-corrected chi connectivity index (χ3v) is 5.41. The van der Waals surface area contributed by atoms with Crippen LogP contribution in [0.15, 0.2) is 24.7 Å². The first kappa shape index (κ1) is 25.2. The number of aliphatic carboxylic acids is 1. The second-order valence-corrected chi connectivity index (χ2v) is 7.69. The number of carboxylic acid groups (broad SMARTS) is 1. The van der Waals surface area contributed by atoms with Gasteiger partial charge in [-0.3, -0.25) is 9.48 Å². The van der Waals surface area contributed by atoms with E-state index in [1.54, 1.807) is 19.4 Å². The summed E-state index contributed by atoms with van der Waals surface area (Å²) in [7, 11) is 1.57. The van der Waals surface area contributed by atoms with Crippen LogP contribution in [0.2, 0.25) is 0 Å². The monoisotopic (exact) mass is 486 g/mol. The lowest BCUT2D eigenvalue weighted by molar-refractivity contribution is -0.192. The van der Waals surface area contributed by atoms with Crippen LogP contribution < -0.4 is 15.0 Å². The number of carboxylic acids is 1. The van der Waals surface area contributed by atoms with Gasteiger partial charge in [-0.2, -0.15) is 18.3 Å². The van der Waals surface area contributed by atoms with Crippen molar-refractivity contribution in [1.29, 1.82) is 0 Å². The first-order valence-electron chi connectivity index (χ1n) is 10.5. The lowest BCUT2D eigenvalue weighted by atomic mass is 10.0. The molecule has 186 valence electrons. The van der Waals surface area contributed by atoms with Gasteiger partial charge in [0.15, 0.2) is 0 Å². The Labute approximate surface area is 192 Å².